The van der Waals surface area contributed by atoms with Crippen LogP contribution < -0.4 is 5.32 Å². The van der Waals surface area contributed by atoms with E-state index in [1.165, 1.54) is 24.8 Å². The molecule has 0 radical (unpaired) electrons. The van der Waals surface area contributed by atoms with E-state index in [2.05, 4.69) is 32.2 Å². The molecule has 0 aliphatic carbocycles. The minimum atomic E-state index is 0.452. The highest BCUT2D eigenvalue weighted by Gasteiger charge is 2.17. The molecule has 16 heavy (non-hydrogen) atoms. The number of furan rings is 1. The van der Waals surface area contributed by atoms with Gasteiger partial charge in [0.05, 0.1) is 6.26 Å². The van der Waals surface area contributed by atoms with Crippen molar-refractivity contribution < 1.29 is 4.42 Å². The van der Waals surface area contributed by atoms with Crippen LogP contribution in [0.15, 0.2) is 16.7 Å². The molecule has 0 spiro atoms. The van der Waals surface area contributed by atoms with Crippen molar-refractivity contribution >= 4 is 0 Å². The van der Waals surface area contributed by atoms with E-state index in [9.17, 15) is 0 Å². The zero-order chi connectivity index (χ0) is 12.0. The zero-order valence-electron chi connectivity index (χ0n) is 11.0. The van der Waals surface area contributed by atoms with Crippen molar-refractivity contribution in [2.24, 2.45) is 5.92 Å². The summed E-state index contributed by atoms with van der Waals surface area (Å²) in [6.07, 6.45) is 5.40. The Morgan fingerprint density at radius 1 is 1.38 bits per heavy atom. The molecule has 0 fully saturated rings. The topological polar surface area (TPSA) is 25.2 Å². The molecule has 1 rings (SSSR count). The van der Waals surface area contributed by atoms with E-state index in [0.29, 0.717) is 6.04 Å². The molecule has 0 aliphatic heterocycles. The molecule has 0 bridgehead atoms. The maximum absolute atomic E-state index is 5.40. The summed E-state index contributed by atoms with van der Waals surface area (Å²) in [5.41, 5.74) is 1.33. The van der Waals surface area contributed by atoms with Gasteiger partial charge < -0.3 is 9.73 Å². The Labute approximate surface area is 99.4 Å². The first kappa shape index (κ1) is 13.3. The van der Waals surface area contributed by atoms with Crippen LogP contribution >= 0.6 is 0 Å². The van der Waals surface area contributed by atoms with Crippen LogP contribution in [0.1, 0.15) is 57.4 Å². The fourth-order valence-corrected chi connectivity index (χ4v) is 1.96. The highest BCUT2D eigenvalue weighted by atomic mass is 16.3. The smallest absolute Gasteiger partial charge is 0.105 e. The Morgan fingerprint density at radius 3 is 2.62 bits per heavy atom. The number of hydrogen-bond donors (Lipinski definition) is 1. The van der Waals surface area contributed by atoms with E-state index in [1.54, 1.807) is 6.26 Å². The van der Waals surface area contributed by atoms with Crippen molar-refractivity contribution in [3.8, 4) is 0 Å². The average Bonchev–Trinajstić information content (AvgIpc) is 2.70. The average molecular weight is 223 g/mol. The summed E-state index contributed by atoms with van der Waals surface area (Å²) >= 11 is 0. The molecule has 2 unspecified atom stereocenters. The zero-order valence-corrected chi connectivity index (χ0v) is 11.0. The standard InChI is InChI=1S/C14H25NO/c1-5-8-15-14(10-11(3)6-2)13-7-9-16-12(13)4/h7,9,11,14-15H,5-6,8,10H2,1-4H3. The van der Waals surface area contributed by atoms with E-state index < -0.39 is 0 Å². The highest BCUT2D eigenvalue weighted by molar-refractivity contribution is 5.20. The first-order valence-corrected chi connectivity index (χ1v) is 6.46. The van der Waals surface area contributed by atoms with Gasteiger partial charge in [-0.25, -0.2) is 0 Å². The number of hydrogen-bond acceptors (Lipinski definition) is 2. The number of rotatable bonds is 7. The van der Waals surface area contributed by atoms with E-state index in [0.717, 1.165) is 18.2 Å². The van der Waals surface area contributed by atoms with Gasteiger partial charge in [-0.05, 0) is 38.3 Å². The fourth-order valence-electron chi connectivity index (χ4n) is 1.96. The van der Waals surface area contributed by atoms with Crippen LogP contribution in [0.5, 0.6) is 0 Å². The highest BCUT2D eigenvalue weighted by Crippen LogP contribution is 2.26. The molecule has 1 N–H and O–H groups in total. The molecule has 1 aromatic rings. The largest absolute Gasteiger partial charge is 0.469 e. The molecular formula is C14H25NO. The molecule has 92 valence electrons. The van der Waals surface area contributed by atoms with Gasteiger partial charge in [-0.3, -0.25) is 0 Å². The van der Waals surface area contributed by atoms with Crippen molar-refractivity contribution in [2.75, 3.05) is 6.54 Å². The van der Waals surface area contributed by atoms with Gasteiger partial charge >= 0.3 is 0 Å². The van der Waals surface area contributed by atoms with Crippen LogP contribution in [-0.2, 0) is 0 Å². The second kappa shape index (κ2) is 6.74. The van der Waals surface area contributed by atoms with Gasteiger partial charge in [0, 0.05) is 11.6 Å². The van der Waals surface area contributed by atoms with Gasteiger partial charge in [0.25, 0.3) is 0 Å². The van der Waals surface area contributed by atoms with Gasteiger partial charge in [0.15, 0.2) is 0 Å². The predicted molar refractivity (Wildman–Crippen MR) is 68.6 cm³/mol. The first-order valence-electron chi connectivity index (χ1n) is 6.46. The Bertz CT molecular complexity index is 293. The lowest BCUT2D eigenvalue weighted by Gasteiger charge is -2.21. The first-order chi connectivity index (χ1) is 7.69. The molecule has 2 heteroatoms. The third-order valence-corrected chi connectivity index (χ3v) is 3.25. The maximum Gasteiger partial charge on any atom is 0.105 e. The van der Waals surface area contributed by atoms with E-state index in [4.69, 9.17) is 4.42 Å². The monoisotopic (exact) mass is 223 g/mol. The lowest BCUT2D eigenvalue weighted by Crippen LogP contribution is -2.24. The normalized spacial score (nSPS) is 15.0. The minimum Gasteiger partial charge on any atom is -0.469 e. The molecule has 1 aromatic heterocycles. The third kappa shape index (κ3) is 3.67. The second-order valence-corrected chi connectivity index (χ2v) is 4.69. The van der Waals surface area contributed by atoms with Crippen LogP contribution in [0.25, 0.3) is 0 Å². The van der Waals surface area contributed by atoms with Gasteiger partial charge in [-0.15, -0.1) is 0 Å². The Morgan fingerprint density at radius 2 is 2.12 bits per heavy atom. The SMILES string of the molecule is CCCNC(CC(C)CC)c1ccoc1C. The minimum absolute atomic E-state index is 0.452. The van der Waals surface area contributed by atoms with Crippen molar-refractivity contribution in [1.29, 1.82) is 0 Å². The third-order valence-electron chi connectivity index (χ3n) is 3.25. The number of aryl methyl sites for hydroxylation is 1. The summed E-state index contributed by atoms with van der Waals surface area (Å²) in [5, 5.41) is 3.62. The van der Waals surface area contributed by atoms with Gasteiger partial charge in [0.2, 0.25) is 0 Å². The van der Waals surface area contributed by atoms with Crippen LogP contribution in [0, 0.1) is 12.8 Å². The lowest BCUT2D eigenvalue weighted by atomic mass is 9.94. The summed E-state index contributed by atoms with van der Waals surface area (Å²) < 4.78 is 5.40. The van der Waals surface area contributed by atoms with E-state index in [1.807, 2.05) is 6.92 Å². The summed E-state index contributed by atoms with van der Waals surface area (Å²) in [5.74, 6) is 1.81. The van der Waals surface area contributed by atoms with Crippen molar-refractivity contribution in [2.45, 2.75) is 53.0 Å². The van der Waals surface area contributed by atoms with Gasteiger partial charge in [0.1, 0.15) is 5.76 Å². The van der Waals surface area contributed by atoms with E-state index in [-0.39, 0.29) is 0 Å². The molecular weight excluding hydrogens is 198 g/mol. The quantitative estimate of drug-likeness (QED) is 0.754. The Balaban J connectivity index is 2.67. The summed E-state index contributed by atoms with van der Waals surface area (Å²) in [6.45, 7) is 9.90. The lowest BCUT2D eigenvalue weighted by molar-refractivity contribution is 0.396. The van der Waals surface area contributed by atoms with Crippen LogP contribution in [0.2, 0.25) is 0 Å². The molecule has 0 saturated carbocycles. The van der Waals surface area contributed by atoms with Crippen LogP contribution in [0.3, 0.4) is 0 Å². The van der Waals surface area contributed by atoms with Crippen molar-refractivity contribution in [3.05, 3.63) is 23.7 Å². The van der Waals surface area contributed by atoms with Gasteiger partial charge in [-0.1, -0.05) is 27.2 Å². The van der Waals surface area contributed by atoms with E-state index >= 15 is 0 Å². The second-order valence-electron chi connectivity index (χ2n) is 4.69. The summed E-state index contributed by atoms with van der Waals surface area (Å²) in [6, 6.07) is 2.55. The molecule has 1 heterocycles. The summed E-state index contributed by atoms with van der Waals surface area (Å²) in [4.78, 5) is 0. The molecule has 2 nitrogen and oxygen atoms in total. The van der Waals surface area contributed by atoms with Gasteiger partial charge in [-0.2, -0.15) is 0 Å². The maximum atomic E-state index is 5.40. The number of nitrogens with one attached hydrogen (secondary N) is 1. The predicted octanol–water partition coefficient (Wildman–Crippen LogP) is 4.06. The van der Waals surface area contributed by atoms with Crippen LogP contribution in [0.4, 0.5) is 0 Å². The van der Waals surface area contributed by atoms with Crippen molar-refractivity contribution in [1.82, 2.24) is 5.32 Å². The summed E-state index contributed by atoms with van der Waals surface area (Å²) in [7, 11) is 0. The van der Waals surface area contributed by atoms with Crippen molar-refractivity contribution in [3.63, 3.8) is 0 Å². The fraction of sp³-hybridized carbons (Fsp3) is 0.714. The molecule has 2 atom stereocenters. The van der Waals surface area contributed by atoms with Crippen LogP contribution in [-0.4, -0.2) is 6.54 Å². The molecule has 0 aromatic carbocycles. The Kier molecular flexibility index (Phi) is 5.61. The molecule has 0 amide bonds. The Hall–Kier alpha value is -0.760. The molecule has 0 saturated heterocycles. The molecule has 0 aliphatic rings.